The van der Waals surface area contributed by atoms with Crippen molar-refractivity contribution in [3.63, 3.8) is 0 Å². The number of unbranched alkanes of at least 4 members (excludes halogenated alkanes) is 6. The van der Waals surface area contributed by atoms with Gasteiger partial charge in [-0.2, -0.15) is 0 Å². The van der Waals surface area contributed by atoms with Gasteiger partial charge in [0.15, 0.2) is 6.17 Å². The van der Waals surface area contributed by atoms with E-state index in [1.165, 1.54) is 32.8 Å². The van der Waals surface area contributed by atoms with E-state index < -0.39 is 12.1 Å². The lowest BCUT2D eigenvalue weighted by molar-refractivity contribution is -0.146. The van der Waals surface area contributed by atoms with E-state index >= 15 is 0 Å². The van der Waals surface area contributed by atoms with E-state index in [1.54, 1.807) is 0 Å². The molecule has 0 aliphatic rings. The predicted molar refractivity (Wildman–Crippen MR) is 59.5 cm³/mol. The standard InChI is InChI=1S/C12H23FO2/c1-3-4-5-6-7-8-9-10-11(13)12(14)15-2/h11H,3-10H2,1-2H3. The molecule has 0 aromatic heterocycles. The zero-order valence-electron chi connectivity index (χ0n) is 9.93. The van der Waals surface area contributed by atoms with Crippen LogP contribution < -0.4 is 0 Å². The van der Waals surface area contributed by atoms with E-state index in [2.05, 4.69) is 11.7 Å². The second-order valence-electron chi connectivity index (χ2n) is 3.90. The van der Waals surface area contributed by atoms with Crippen LogP contribution in [0.4, 0.5) is 4.39 Å². The number of hydrogen-bond donors (Lipinski definition) is 0. The maximum Gasteiger partial charge on any atom is 0.340 e. The monoisotopic (exact) mass is 218 g/mol. The van der Waals surface area contributed by atoms with Gasteiger partial charge in [0.1, 0.15) is 0 Å². The number of ether oxygens (including phenoxy) is 1. The molecule has 3 heteroatoms. The van der Waals surface area contributed by atoms with Gasteiger partial charge in [-0.05, 0) is 12.8 Å². The minimum absolute atomic E-state index is 0.306. The largest absolute Gasteiger partial charge is 0.467 e. The molecular weight excluding hydrogens is 195 g/mol. The van der Waals surface area contributed by atoms with Crippen LogP contribution in [0.5, 0.6) is 0 Å². The van der Waals surface area contributed by atoms with Gasteiger partial charge in [-0.1, -0.05) is 45.4 Å². The lowest BCUT2D eigenvalue weighted by atomic mass is 10.1. The SMILES string of the molecule is CCCCCCCCCC(F)C(=O)OC. The number of halogens is 1. The molecule has 15 heavy (non-hydrogen) atoms. The van der Waals surface area contributed by atoms with Gasteiger partial charge in [0.05, 0.1) is 7.11 Å². The van der Waals surface area contributed by atoms with Crippen LogP contribution in [0.2, 0.25) is 0 Å². The third-order valence-electron chi connectivity index (χ3n) is 2.52. The highest BCUT2D eigenvalue weighted by molar-refractivity contribution is 5.74. The second-order valence-corrected chi connectivity index (χ2v) is 3.90. The first-order chi connectivity index (χ1) is 7.22. The number of methoxy groups -OCH3 is 1. The predicted octanol–water partition coefficient (Wildman–Crippen LogP) is 3.64. The van der Waals surface area contributed by atoms with E-state index in [9.17, 15) is 9.18 Å². The fraction of sp³-hybridized carbons (Fsp3) is 0.917. The molecular formula is C12H23FO2. The molecule has 1 unspecified atom stereocenters. The van der Waals surface area contributed by atoms with Crippen LogP contribution in [0.25, 0.3) is 0 Å². The number of hydrogen-bond acceptors (Lipinski definition) is 2. The van der Waals surface area contributed by atoms with Crippen LogP contribution in [0.3, 0.4) is 0 Å². The highest BCUT2D eigenvalue weighted by Gasteiger charge is 2.16. The van der Waals surface area contributed by atoms with Crippen molar-refractivity contribution in [1.82, 2.24) is 0 Å². The number of alkyl halides is 1. The Morgan fingerprint density at radius 2 is 1.67 bits per heavy atom. The lowest BCUT2D eigenvalue weighted by Gasteiger charge is -2.05. The molecule has 0 rings (SSSR count). The molecule has 0 radical (unpaired) electrons. The van der Waals surface area contributed by atoms with Crippen molar-refractivity contribution in [2.75, 3.05) is 7.11 Å². The molecule has 0 heterocycles. The van der Waals surface area contributed by atoms with Crippen molar-refractivity contribution < 1.29 is 13.9 Å². The van der Waals surface area contributed by atoms with Crippen LogP contribution in [-0.4, -0.2) is 19.3 Å². The zero-order chi connectivity index (χ0) is 11.5. The average molecular weight is 218 g/mol. The summed E-state index contributed by atoms with van der Waals surface area (Å²) in [5.41, 5.74) is 0. The van der Waals surface area contributed by atoms with Crippen LogP contribution in [-0.2, 0) is 9.53 Å². The topological polar surface area (TPSA) is 26.3 Å². The van der Waals surface area contributed by atoms with Gasteiger partial charge in [0.25, 0.3) is 0 Å². The summed E-state index contributed by atoms with van der Waals surface area (Å²) in [6.07, 6.45) is 6.85. The maximum atomic E-state index is 13.0. The summed E-state index contributed by atoms with van der Waals surface area (Å²) in [6, 6.07) is 0. The Bertz CT molecular complexity index is 160. The van der Waals surface area contributed by atoms with Crippen LogP contribution in [0.1, 0.15) is 58.3 Å². The Balaban J connectivity index is 3.20. The molecule has 0 fully saturated rings. The van der Waals surface area contributed by atoms with Crippen molar-refractivity contribution in [1.29, 1.82) is 0 Å². The lowest BCUT2D eigenvalue weighted by Crippen LogP contribution is -2.16. The minimum Gasteiger partial charge on any atom is -0.467 e. The quantitative estimate of drug-likeness (QED) is 0.436. The van der Waals surface area contributed by atoms with Crippen molar-refractivity contribution in [2.24, 2.45) is 0 Å². The molecule has 0 aliphatic heterocycles. The summed E-state index contributed by atoms with van der Waals surface area (Å²) < 4.78 is 17.3. The normalized spacial score (nSPS) is 12.5. The van der Waals surface area contributed by atoms with E-state index in [0.29, 0.717) is 6.42 Å². The molecule has 0 aliphatic carbocycles. The first-order valence-electron chi connectivity index (χ1n) is 5.94. The third-order valence-corrected chi connectivity index (χ3v) is 2.52. The zero-order valence-corrected chi connectivity index (χ0v) is 9.93. The van der Waals surface area contributed by atoms with Gasteiger partial charge in [0, 0.05) is 0 Å². The van der Waals surface area contributed by atoms with Crippen molar-refractivity contribution in [3.05, 3.63) is 0 Å². The summed E-state index contributed by atoms with van der Waals surface area (Å²) in [7, 11) is 1.22. The molecule has 0 saturated heterocycles. The van der Waals surface area contributed by atoms with Gasteiger partial charge < -0.3 is 4.74 Å². The number of carbonyl (C=O) groups excluding carboxylic acids is 1. The molecule has 0 amide bonds. The van der Waals surface area contributed by atoms with Crippen molar-refractivity contribution in [2.45, 2.75) is 64.5 Å². The summed E-state index contributed by atoms with van der Waals surface area (Å²) in [5.74, 6) is -0.735. The Hall–Kier alpha value is -0.600. The summed E-state index contributed by atoms with van der Waals surface area (Å²) in [5, 5.41) is 0. The molecule has 0 bridgehead atoms. The molecule has 0 aromatic carbocycles. The van der Waals surface area contributed by atoms with Crippen LogP contribution in [0, 0.1) is 0 Å². The average Bonchev–Trinajstić information content (AvgIpc) is 2.26. The fourth-order valence-corrected chi connectivity index (χ4v) is 1.53. The minimum atomic E-state index is -1.43. The van der Waals surface area contributed by atoms with E-state index in [0.717, 1.165) is 19.3 Å². The van der Waals surface area contributed by atoms with Crippen LogP contribution >= 0.6 is 0 Å². The fourth-order valence-electron chi connectivity index (χ4n) is 1.53. The first kappa shape index (κ1) is 14.4. The Kier molecular flexibility index (Phi) is 9.54. The highest BCUT2D eigenvalue weighted by Crippen LogP contribution is 2.11. The Morgan fingerprint density at radius 3 is 2.20 bits per heavy atom. The van der Waals surface area contributed by atoms with Gasteiger partial charge >= 0.3 is 5.97 Å². The Morgan fingerprint density at radius 1 is 1.13 bits per heavy atom. The van der Waals surface area contributed by atoms with E-state index in [-0.39, 0.29) is 0 Å². The molecule has 0 spiro atoms. The van der Waals surface area contributed by atoms with E-state index in [4.69, 9.17) is 0 Å². The van der Waals surface area contributed by atoms with Crippen LogP contribution in [0.15, 0.2) is 0 Å². The summed E-state index contributed by atoms with van der Waals surface area (Å²) >= 11 is 0. The number of esters is 1. The summed E-state index contributed by atoms with van der Waals surface area (Å²) in [4.78, 5) is 10.7. The summed E-state index contributed by atoms with van der Waals surface area (Å²) in [6.45, 7) is 2.18. The molecule has 90 valence electrons. The third kappa shape index (κ3) is 8.40. The molecule has 0 N–H and O–H groups in total. The smallest absolute Gasteiger partial charge is 0.340 e. The maximum absolute atomic E-state index is 13.0. The van der Waals surface area contributed by atoms with Gasteiger partial charge in [0.2, 0.25) is 0 Å². The number of carbonyl (C=O) groups is 1. The van der Waals surface area contributed by atoms with Crippen molar-refractivity contribution in [3.8, 4) is 0 Å². The Labute approximate surface area is 92.2 Å². The van der Waals surface area contributed by atoms with Gasteiger partial charge in [-0.15, -0.1) is 0 Å². The van der Waals surface area contributed by atoms with Crippen molar-refractivity contribution >= 4 is 5.97 Å². The van der Waals surface area contributed by atoms with Gasteiger partial charge in [-0.3, -0.25) is 0 Å². The first-order valence-corrected chi connectivity index (χ1v) is 5.94. The molecule has 0 saturated carbocycles. The molecule has 2 nitrogen and oxygen atoms in total. The second kappa shape index (κ2) is 9.94. The van der Waals surface area contributed by atoms with E-state index in [1.807, 2.05) is 0 Å². The molecule has 1 atom stereocenters. The molecule has 0 aromatic rings. The number of rotatable bonds is 9. The highest BCUT2D eigenvalue weighted by atomic mass is 19.1. The van der Waals surface area contributed by atoms with Gasteiger partial charge in [-0.25, -0.2) is 9.18 Å².